The third-order valence-electron chi connectivity index (χ3n) is 4.85. The van der Waals surface area contributed by atoms with E-state index in [1.807, 2.05) is 0 Å². The first kappa shape index (κ1) is 19.7. The molecule has 0 saturated carbocycles. The van der Waals surface area contributed by atoms with Crippen molar-refractivity contribution in [3.8, 4) is 22.9 Å². The Labute approximate surface area is 169 Å². The molecule has 0 bridgehead atoms. The molecule has 1 aliphatic rings. The van der Waals surface area contributed by atoms with Gasteiger partial charge >= 0.3 is 6.18 Å². The van der Waals surface area contributed by atoms with E-state index in [1.165, 1.54) is 22.9 Å². The lowest BCUT2D eigenvalue weighted by Gasteiger charge is -2.28. The molecule has 1 amide bonds. The maximum Gasteiger partial charge on any atom is 0.416 e. The van der Waals surface area contributed by atoms with E-state index in [1.54, 1.807) is 11.9 Å². The van der Waals surface area contributed by atoms with Crippen molar-refractivity contribution in [3.63, 3.8) is 0 Å². The van der Waals surface area contributed by atoms with Gasteiger partial charge in [0.05, 0.1) is 17.8 Å². The number of aryl methyl sites for hydroxylation is 1. The number of carbonyl (C=O) groups is 1. The predicted octanol–water partition coefficient (Wildman–Crippen LogP) is 2.42. The van der Waals surface area contributed by atoms with Crippen LogP contribution in [0, 0.1) is 0 Å². The minimum absolute atomic E-state index is 0.225. The quantitative estimate of drug-likeness (QED) is 0.611. The van der Waals surface area contributed by atoms with E-state index in [9.17, 15) is 18.0 Å². The van der Waals surface area contributed by atoms with Crippen LogP contribution in [-0.4, -0.2) is 47.5 Å². The summed E-state index contributed by atoms with van der Waals surface area (Å²) < 4.78 is 40.1. The van der Waals surface area contributed by atoms with Crippen LogP contribution in [0.1, 0.15) is 16.8 Å². The summed E-state index contributed by atoms with van der Waals surface area (Å²) in [7, 11) is 1.66. The molecule has 0 spiro atoms. The number of tetrazole rings is 1. The molecule has 154 valence electrons. The van der Waals surface area contributed by atoms with Gasteiger partial charge in [0.1, 0.15) is 5.69 Å². The summed E-state index contributed by atoms with van der Waals surface area (Å²) in [6.45, 7) is 4.20. The Morgan fingerprint density at radius 1 is 1.20 bits per heavy atom. The summed E-state index contributed by atoms with van der Waals surface area (Å²) in [4.78, 5) is 22.8. The molecular formula is C19H16F3N7O. The fraction of sp³-hybridized carbons (Fsp3) is 0.263. The number of halogens is 3. The summed E-state index contributed by atoms with van der Waals surface area (Å²) in [5.74, 6) is 0.413. The van der Waals surface area contributed by atoms with Gasteiger partial charge in [0.15, 0.2) is 5.82 Å². The Bertz CT molecular complexity index is 1120. The third kappa shape index (κ3) is 3.53. The molecule has 0 radical (unpaired) electrons. The highest BCUT2D eigenvalue weighted by Crippen LogP contribution is 2.32. The zero-order valence-electron chi connectivity index (χ0n) is 15.9. The van der Waals surface area contributed by atoms with E-state index in [2.05, 4.69) is 32.1 Å². The van der Waals surface area contributed by atoms with Crippen LogP contribution in [0.3, 0.4) is 0 Å². The number of fused-ring (bicyclic) bond motifs is 1. The van der Waals surface area contributed by atoms with Crippen LogP contribution in [0.15, 0.2) is 36.9 Å². The predicted molar refractivity (Wildman–Crippen MR) is 99.6 cm³/mol. The van der Waals surface area contributed by atoms with Crippen molar-refractivity contribution in [1.82, 2.24) is 35.1 Å². The molecular weight excluding hydrogens is 399 g/mol. The number of aromatic nitrogens is 6. The van der Waals surface area contributed by atoms with Gasteiger partial charge in [-0.05, 0) is 35.1 Å². The summed E-state index contributed by atoms with van der Waals surface area (Å²) in [6, 6.07) is 4.60. The molecule has 8 nitrogen and oxygen atoms in total. The van der Waals surface area contributed by atoms with Gasteiger partial charge in [0.25, 0.3) is 0 Å². The van der Waals surface area contributed by atoms with Gasteiger partial charge in [-0.15, -0.1) is 5.10 Å². The van der Waals surface area contributed by atoms with Gasteiger partial charge in [-0.25, -0.2) is 14.6 Å². The second kappa shape index (κ2) is 7.32. The van der Waals surface area contributed by atoms with E-state index < -0.39 is 11.7 Å². The fourth-order valence-corrected chi connectivity index (χ4v) is 3.30. The molecule has 1 aliphatic heterocycles. The van der Waals surface area contributed by atoms with Gasteiger partial charge in [-0.1, -0.05) is 18.7 Å². The Balaban J connectivity index is 1.83. The fourth-order valence-electron chi connectivity index (χ4n) is 3.30. The standard InChI is InChI=1S/C19H16F3N7O/c1-3-15(30)29-9-8-13-14(10-29)23-17(24-16(13)18-25-26-27-28(18)2)11-4-6-12(7-5-11)19(20,21)22/h3-7H,1,8-10H2,2H3. The lowest BCUT2D eigenvalue weighted by Crippen LogP contribution is -2.36. The van der Waals surface area contributed by atoms with Crippen LogP contribution < -0.4 is 0 Å². The van der Waals surface area contributed by atoms with Gasteiger partial charge in [0.2, 0.25) is 11.7 Å². The van der Waals surface area contributed by atoms with E-state index in [-0.39, 0.29) is 18.3 Å². The van der Waals surface area contributed by atoms with Crippen molar-refractivity contribution in [1.29, 1.82) is 0 Å². The third-order valence-corrected chi connectivity index (χ3v) is 4.85. The zero-order valence-corrected chi connectivity index (χ0v) is 15.9. The summed E-state index contributed by atoms with van der Waals surface area (Å²) in [6.07, 6.45) is -2.71. The SMILES string of the molecule is C=CC(=O)N1CCc2c(nc(-c3ccc(C(F)(F)F)cc3)nc2-c2nnnn2C)C1. The first-order chi connectivity index (χ1) is 14.3. The summed E-state index contributed by atoms with van der Waals surface area (Å²) in [5.41, 5.74) is 1.54. The Kier molecular flexibility index (Phi) is 4.80. The van der Waals surface area contributed by atoms with Crippen LogP contribution in [0.25, 0.3) is 22.9 Å². The van der Waals surface area contributed by atoms with Crippen LogP contribution in [-0.2, 0) is 31.0 Å². The molecule has 4 rings (SSSR count). The molecule has 3 aromatic rings. The molecule has 3 heterocycles. The van der Waals surface area contributed by atoms with Crippen molar-refractivity contribution in [2.45, 2.75) is 19.1 Å². The highest BCUT2D eigenvalue weighted by atomic mass is 19.4. The highest BCUT2D eigenvalue weighted by Gasteiger charge is 2.31. The Morgan fingerprint density at radius 2 is 1.93 bits per heavy atom. The smallest absolute Gasteiger partial charge is 0.333 e. The molecule has 30 heavy (non-hydrogen) atoms. The lowest BCUT2D eigenvalue weighted by molar-refractivity contribution is -0.137. The highest BCUT2D eigenvalue weighted by molar-refractivity contribution is 5.87. The second-order valence-electron chi connectivity index (χ2n) is 6.74. The summed E-state index contributed by atoms with van der Waals surface area (Å²) in [5, 5.41) is 11.5. The van der Waals surface area contributed by atoms with Crippen LogP contribution >= 0.6 is 0 Å². The number of benzene rings is 1. The molecule has 0 unspecified atom stereocenters. The second-order valence-corrected chi connectivity index (χ2v) is 6.74. The average Bonchev–Trinajstić information content (AvgIpc) is 3.17. The van der Waals surface area contributed by atoms with Crippen LogP contribution in [0.5, 0.6) is 0 Å². The van der Waals surface area contributed by atoms with Gasteiger partial charge < -0.3 is 4.90 Å². The van der Waals surface area contributed by atoms with E-state index in [0.717, 1.165) is 17.7 Å². The number of amides is 1. The largest absolute Gasteiger partial charge is 0.416 e. The topological polar surface area (TPSA) is 89.7 Å². The summed E-state index contributed by atoms with van der Waals surface area (Å²) >= 11 is 0. The number of nitrogens with zero attached hydrogens (tertiary/aromatic N) is 7. The number of hydrogen-bond donors (Lipinski definition) is 0. The van der Waals surface area contributed by atoms with Crippen LogP contribution in [0.4, 0.5) is 13.2 Å². The molecule has 2 aromatic heterocycles. The average molecular weight is 415 g/mol. The molecule has 0 saturated heterocycles. The van der Waals surface area contributed by atoms with Gasteiger partial charge in [-0.3, -0.25) is 4.79 Å². The molecule has 11 heteroatoms. The van der Waals surface area contributed by atoms with Crippen molar-refractivity contribution in [2.24, 2.45) is 7.05 Å². The Morgan fingerprint density at radius 3 is 2.53 bits per heavy atom. The van der Waals surface area contributed by atoms with Gasteiger partial charge in [0, 0.05) is 24.7 Å². The van der Waals surface area contributed by atoms with Crippen molar-refractivity contribution < 1.29 is 18.0 Å². The van der Waals surface area contributed by atoms with E-state index in [4.69, 9.17) is 0 Å². The molecule has 0 N–H and O–H groups in total. The zero-order chi connectivity index (χ0) is 21.5. The monoisotopic (exact) mass is 415 g/mol. The molecule has 0 aliphatic carbocycles. The normalized spacial score (nSPS) is 13.8. The van der Waals surface area contributed by atoms with Crippen molar-refractivity contribution >= 4 is 5.91 Å². The molecule has 0 fully saturated rings. The number of carbonyl (C=O) groups excluding carboxylic acids is 1. The van der Waals surface area contributed by atoms with E-state index in [0.29, 0.717) is 35.7 Å². The maximum atomic E-state index is 12.9. The number of hydrogen-bond acceptors (Lipinski definition) is 6. The molecule has 0 atom stereocenters. The maximum absolute atomic E-state index is 12.9. The lowest BCUT2D eigenvalue weighted by atomic mass is 10.0. The Hall–Kier alpha value is -3.63. The van der Waals surface area contributed by atoms with Crippen molar-refractivity contribution in [2.75, 3.05) is 6.54 Å². The number of alkyl halides is 3. The minimum Gasteiger partial charge on any atom is -0.333 e. The van der Waals surface area contributed by atoms with Gasteiger partial charge in [-0.2, -0.15) is 13.2 Å². The molecule has 1 aromatic carbocycles. The minimum atomic E-state index is -4.43. The van der Waals surface area contributed by atoms with Crippen LogP contribution in [0.2, 0.25) is 0 Å². The first-order valence-corrected chi connectivity index (χ1v) is 8.99. The van der Waals surface area contributed by atoms with E-state index >= 15 is 0 Å². The first-order valence-electron chi connectivity index (χ1n) is 8.99. The van der Waals surface area contributed by atoms with Crippen molar-refractivity contribution in [3.05, 3.63) is 53.7 Å². The number of rotatable bonds is 3.